The van der Waals surface area contributed by atoms with Crippen LogP contribution in [0.4, 0.5) is 10.1 Å². The fourth-order valence-electron chi connectivity index (χ4n) is 3.37. The van der Waals surface area contributed by atoms with Crippen LogP contribution in [0.2, 0.25) is 0 Å². The van der Waals surface area contributed by atoms with Crippen LogP contribution >= 0.6 is 24.0 Å². The quantitative estimate of drug-likeness (QED) is 0.354. The molecular formula is C22H30FIN4O2. The smallest absolute Gasteiger partial charge is 0.193 e. The van der Waals surface area contributed by atoms with Gasteiger partial charge >= 0.3 is 0 Å². The Morgan fingerprint density at radius 3 is 2.43 bits per heavy atom. The number of nitrogens with zero attached hydrogens (tertiary/aromatic N) is 3. The van der Waals surface area contributed by atoms with Crippen LogP contribution in [-0.2, 0) is 17.8 Å². The summed E-state index contributed by atoms with van der Waals surface area (Å²) in [7, 11) is 5.37. The molecule has 0 aliphatic carbocycles. The second-order valence-corrected chi connectivity index (χ2v) is 6.99. The van der Waals surface area contributed by atoms with Gasteiger partial charge in [-0.25, -0.2) is 4.39 Å². The minimum absolute atomic E-state index is 0. The minimum atomic E-state index is -0.201. The van der Waals surface area contributed by atoms with Gasteiger partial charge in [-0.05, 0) is 35.4 Å². The Hall–Kier alpha value is -2.07. The van der Waals surface area contributed by atoms with Crippen molar-refractivity contribution in [2.45, 2.75) is 13.1 Å². The number of guanidine groups is 1. The first-order valence-corrected chi connectivity index (χ1v) is 9.76. The van der Waals surface area contributed by atoms with Crippen molar-refractivity contribution in [3.8, 4) is 5.75 Å². The van der Waals surface area contributed by atoms with Crippen molar-refractivity contribution in [1.29, 1.82) is 0 Å². The average Bonchev–Trinajstić information content (AvgIpc) is 2.75. The highest BCUT2D eigenvalue weighted by Crippen LogP contribution is 2.21. The summed E-state index contributed by atoms with van der Waals surface area (Å²) in [5.74, 6) is 1.38. The van der Waals surface area contributed by atoms with E-state index in [-0.39, 0.29) is 29.8 Å². The van der Waals surface area contributed by atoms with Crippen molar-refractivity contribution >= 4 is 35.6 Å². The minimum Gasteiger partial charge on any atom is -0.497 e. The zero-order chi connectivity index (χ0) is 20.6. The molecule has 3 rings (SSSR count). The average molecular weight is 528 g/mol. The molecule has 8 heteroatoms. The van der Waals surface area contributed by atoms with E-state index in [0.717, 1.165) is 35.9 Å². The van der Waals surface area contributed by atoms with Crippen molar-refractivity contribution in [3.63, 3.8) is 0 Å². The molecule has 1 N–H and O–H groups in total. The number of anilines is 1. The Labute approximate surface area is 195 Å². The van der Waals surface area contributed by atoms with E-state index < -0.39 is 0 Å². The van der Waals surface area contributed by atoms with E-state index in [0.29, 0.717) is 32.0 Å². The summed E-state index contributed by atoms with van der Waals surface area (Å²) in [6.45, 7) is 3.92. The molecule has 0 aromatic heterocycles. The standard InChI is InChI=1S/C22H29FN4O2.HI/c1-24-22(26(2)16-17-4-7-19(28-3)8-5-17)25-15-18-6-9-21(20(23)14-18)27-10-12-29-13-11-27;/h4-9,14H,10-13,15-16H2,1-3H3,(H,24,25);1H. The molecule has 0 amide bonds. The molecule has 0 unspecified atom stereocenters. The Morgan fingerprint density at radius 2 is 1.83 bits per heavy atom. The van der Waals surface area contributed by atoms with E-state index in [9.17, 15) is 4.39 Å². The highest BCUT2D eigenvalue weighted by Gasteiger charge is 2.15. The fourth-order valence-corrected chi connectivity index (χ4v) is 3.37. The number of hydrogen-bond donors (Lipinski definition) is 1. The molecule has 1 heterocycles. The van der Waals surface area contributed by atoms with Gasteiger partial charge in [0, 0.05) is 40.3 Å². The lowest BCUT2D eigenvalue weighted by Gasteiger charge is -2.29. The van der Waals surface area contributed by atoms with Crippen LogP contribution in [0.25, 0.3) is 0 Å². The van der Waals surface area contributed by atoms with E-state index in [1.807, 2.05) is 53.2 Å². The first kappa shape index (κ1) is 24.2. The molecule has 2 aromatic rings. The van der Waals surface area contributed by atoms with Gasteiger partial charge in [0.15, 0.2) is 5.96 Å². The molecule has 0 radical (unpaired) electrons. The van der Waals surface area contributed by atoms with E-state index in [4.69, 9.17) is 9.47 Å². The Bertz CT molecular complexity index is 826. The van der Waals surface area contributed by atoms with Gasteiger partial charge in [0.1, 0.15) is 11.6 Å². The van der Waals surface area contributed by atoms with E-state index >= 15 is 0 Å². The lowest BCUT2D eigenvalue weighted by Crippen LogP contribution is -2.38. The fraction of sp³-hybridized carbons (Fsp3) is 0.409. The molecule has 0 atom stereocenters. The largest absolute Gasteiger partial charge is 0.497 e. The predicted octanol–water partition coefficient (Wildman–Crippen LogP) is 3.50. The number of methoxy groups -OCH3 is 1. The van der Waals surface area contributed by atoms with Crippen LogP contribution in [0.5, 0.6) is 5.75 Å². The van der Waals surface area contributed by atoms with Crippen molar-refractivity contribution < 1.29 is 13.9 Å². The highest BCUT2D eigenvalue weighted by molar-refractivity contribution is 14.0. The molecular weight excluding hydrogens is 498 g/mol. The molecule has 1 fully saturated rings. The first-order valence-electron chi connectivity index (χ1n) is 9.76. The molecule has 30 heavy (non-hydrogen) atoms. The van der Waals surface area contributed by atoms with Crippen molar-refractivity contribution in [1.82, 2.24) is 10.2 Å². The third-order valence-electron chi connectivity index (χ3n) is 4.97. The second-order valence-electron chi connectivity index (χ2n) is 6.99. The van der Waals surface area contributed by atoms with Gasteiger partial charge in [0.25, 0.3) is 0 Å². The van der Waals surface area contributed by atoms with Crippen LogP contribution in [0.15, 0.2) is 47.5 Å². The number of hydrogen-bond acceptors (Lipinski definition) is 4. The maximum Gasteiger partial charge on any atom is 0.193 e. The summed E-state index contributed by atoms with van der Waals surface area (Å²) in [6.07, 6.45) is 0. The van der Waals surface area contributed by atoms with Gasteiger partial charge in [-0.1, -0.05) is 18.2 Å². The van der Waals surface area contributed by atoms with Crippen molar-refractivity contribution in [2.75, 3.05) is 52.4 Å². The number of halogens is 2. The molecule has 0 saturated carbocycles. The monoisotopic (exact) mass is 528 g/mol. The maximum atomic E-state index is 14.6. The number of nitrogens with one attached hydrogen (secondary N) is 1. The van der Waals surface area contributed by atoms with Crippen LogP contribution < -0.4 is 15.0 Å². The number of aliphatic imine (C=N–C) groups is 1. The zero-order valence-corrected chi connectivity index (χ0v) is 20.1. The van der Waals surface area contributed by atoms with Crippen molar-refractivity contribution in [3.05, 3.63) is 59.4 Å². The lowest BCUT2D eigenvalue weighted by molar-refractivity contribution is 0.122. The topological polar surface area (TPSA) is 49.3 Å². The second kappa shape index (κ2) is 11.9. The summed E-state index contributed by atoms with van der Waals surface area (Å²) in [4.78, 5) is 8.39. The summed E-state index contributed by atoms with van der Waals surface area (Å²) in [5.41, 5.74) is 2.66. The summed E-state index contributed by atoms with van der Waals surface area (Å²) in [5, 5.41) is 3.31. The molecule has 1 aliphatic rings. The third kappa shape index (κ3) is 6.46. The van der Waals surface area contributed by atoms with Crippen LogP contribution in [0.1, 0.15) is 11.1 Å². The van der Waals surface area contributed by atoms with Gasteiger partial charge in [-0.3, -0.25) is 4.99 Å². The molecule has 6 nitrogen and oxygen atoms in total. The SMILES string of the molecule is CN=C(NCc1ccc(N2CCOCC2)c(F)c1)N(C)Cc1ccc(OC)cc1.I. The maximum absolute atomic E-state index is 14.6. The Balaban J connectivity index is 0.00000320. The first-order chi connectivity index (χ1) is 14.1. The summed E-state index contributed by atoms with van der Waals surface area (Å²) >= 11 is 0. The molecule has 1 aliphatic heterocycles. The molecule has 2 aromatic carbocycles. The summed E-state index contributed by atoms with van der Waals surface area (Å²) in [6, 6.07) is 13.3. The summed E-state index contributed by atoms with van der Waals surface area (Å²) < 4.78 is 25.1. The van der Waals surface area contributed by atoms with Gasteiger partial charge in [-0.2, -0.15) is 0 Å². The van der Waals surface area contributed by atoms with E-state index in [1.165, 1.54) is 0 Å². The molecule has 1 saturated heterocycles. The normalized spacial score (nSPS) is 14.1. The lowest BCUT2D eigenvalue weighted by atomic mass is 10.1. The Kier molecular flexibility index (Phi) is 9.64. The van der Waals surface area contributed by atoms with Crippen LogP contribution in [0.3, 0.4) is 0 Å². The Morgan fingerprint density at radius 1 is 1.17 bits per heavy atom. The van der Waals surface area contributed by atoms with Crippen LogP contribution in [0, 0.1) is 5.82 Å². The number of benzene rings is 2. The van der Waals surface area contributed by atoms with E-state index in [2.05, 4.69) is 10.3 Å². The molecule has 0 spiro atoms. The number of ether oxygens (including phenoxy) is 2. The van der Waals surface area contributed by atoms with Gasteiger partial charge in [-0.15, -0.1) is 24.0 Å². The molecule has 164 valence electrons. The molecule has 0 bridgehead atoms. The zero-order valence-electron chi connectivity index (χ0n) is 17.7. The predicted molar refractivity (Wildman–Crippen MR) is 130 cm³/mol. The van der Waals surface area contributed by atoms with Crippen LogP contribution in [-0.4, -0.2) is 58.4 Å². The number of morpholine rings is 1. The van der Waals surface area contributed by atoms with E-state index in [1.54, 1.807) is 20.2 Å². The van der Waals surface area contributed by atoms with Gasteiger partial charge < -0.3 is 24.6 Å². The van der Waals surface area contributed by atoms with Gasteiger partial charge in [0.05, 0.1) is 26.0 Å². The van der Waals surface area contributed by atoms with Gasteiger partial charge in [0.2, 0.25) is 0 Å². The third-order valence-corrected chi connectivity index (χ3v) is 4.97. The highest BCUT2D eigenvalue weighted by atomic mass is 127. The van der Waals surface area contributed by atoms with Crippen molar-refractivity contribution in [2.24, 2.45) is 4.99 Å². The number of rotatable bonds is 6.